The maximum absolute atomic E-state index is 5.57. The summed E-state index contributed by atoms with van der Waals surface area (Å²) in [7, 11) is 0. The highest BCUT2D eigenvalue weighted by Gasteiger charge is 2.19. The van der Waals surface area contributed by atoms with Crippen molar-refractivity contribution in [2.24, 2.45) is 0 Å². The first-order chi connectivity index (χ1) is 9.33. The Morgan fingerprint density at radius 3 is 2.90 bits per heavy atom. The van der Waals surface area contributed by atoms with Crippen molar-refractivity contribution in [3.63, 3.8) is 0 Å². The fourth-order valence-electron chi connectivity index (χ4n) is 2.42. The molecule has 2 heterocycles. The van der Waals surface area contributed by atoms with Gasteiger partial charge >= 0.3 is 0 Å². The number of oxazole rings is 1. The second kappa shape index (κ2) is 6.88. The highest BCUT2D eigenvalue weighted by atomic mass is 35.5. The van der Waals surface area contributed by atoms with Crippen molar-refractivity contribution in [1.82, 2.24) is 15.2 Å². The van der Waals surface area contributed by atoms with Crippen molar-refractivity contribution >= 4 is 12.4 Å². The SMILES string of the molecule is C[C@@H]1CNCCN1Cc1coc(-c2ccccc2)n1.Cl. The van der Waals surface area contributed by atoms with Gasteiger partial charge in [0.2, 0.25) is 5.89 Å². The van der Waals surface area contributed by atoms with E-state index in [2.05, 4.69) is 22.1 Å². The molecule has 1 aromatic heterocycles. The van der Waals surface area contributed by atoms with Gasteiger partial charge in [0.05, 0.1) is 5.69 Å². The average Bonchev–Trinajstić information content (AvgIpc) is 2.91. The minimum atomic E-state index is 0. The van der Waals surface area contributed by atoms with Crippen LogP contribution in [0.3, 0.4) is 0 Å². The number of hydrogen-bond acceptors (Lipinski definition) is 4. The fraction of sp³-hybridized carbons (Fsp3) is 0.400. The van der Waals surface area contributed by atoms with Crippen LogP contribution in [0.15, 0.2) is 41.0 Å². The highest BCUT2D eigenvalue weighted by Crippen LogP contribution is 2.19. The Morgan fingerprint density at radius 1 is 1.35 bits per heavy atom. The summed E-state index contributed by atoms with van der Waals surface area (Å²) in [6.45, 7) is 6.26. The Bertz CT molecular complexity index is 529. The van der Waals surface area contributed by atoms with Gasteiger partial charge in [-0.2, -0.15) is 0 Å². The molecule has 1 saturated heterocycles. The number of hydrogen-bond donors (Lipinski definition) is 1. The fourth-order valence-corrected chi connectivity index (χ4v) is 2.42. The molecular formula is C15H20ClN3O. The van der Waals surface area contributed by atoms with E-state index in [0.29, 0.717) is 11.9 Å². The molecule has 5 heteroatoms. The summed E-state index contributed by atoms with van der Waals surface area (Å²) in [4.78, 5) is 7.01. The van der Waals surface area contributed by atoms with E-state index in [-0.39, 0.29) is 12.4 Å². The molecule has 1 atom stereocenters. The Morgan fingerprint density at radius 2 is 2.15 bits per heavy atom. The molecule has 0 amide bonds. The van der Waals surface area contributed by atoms with Gasteiger partial charge in [-0.1, -0.05) is 18.2 Å². The van der Waals surface area contributed by atoms with E-state index in [1.807, 2.05) is 30.3 Å². The molecule has 0 aliphatic carbocycles. The van der Waals surface area contributed by atoms with Crippen LogP contribution in [0.4, 0.5) is 0 Å². The summed E-state index contributed by atoms with van der Waals surface area (Å²) < 4.78 is 5.57. The van der Waals surface area contributed by atoms with Gasteiger partial charge in [-0.3, -0.25) is 4.90 Å². The highest BCUT2D eigenvalue weighted by molar-refractivity contribution is 5.85. The second-order valence-corrected chi connectivity index (χ2v) is 5.03. The van der Waals surface area contributed by atoms with Crippen molar-refractivity contribution in [2.45, 2.75) is 19.5 Å². The van der Waals surface area contributed by atoms with Crippen LogP contribution >= 0.6 is 12.4 Å². The van der Waals surface area contributed by atoms with Crippen molar-refractivity contribution in [3.05, 3.63) is 42.3 Å². The lowest BCUT2D eigenvalue weighted by Gasteiger charge is -2.33. The monoisotopic (exact) mass is 293 g/mol. The number of nitrogens with zero attached hydrogens (tertiary/aromatic N) is 2. The zero-order valence-electron chi connectivity index (χ0n) is 11.6. The zero-order chi connectivity index (χ0) is 13.1. The van der Waals surface area contributed by atoms with Crippen LogP contribution < -0.4 is 5.32 Å². The number of aromatic nitrogens is 1. The molecule has 2 aromatic rings. The molecule has 1 aromatic carbocycles. The number of piperazine rings is 1. The van der Waals surface area contributed by atoms with Gasteiger partial charge in [-0.25, -0.2) is 4.98 Å². The van der Waals surface area contributed by atoms with Crippen molar-refractivity contribution in [3.8, 4) is 11.5 Å². The number of halogens is 1. The molecule has 108 valence electrons. The van der Waals surface area contributed by atoms with Crippen LogP contribution in [-0.2, 0) is 6.54 Å². The predicted octanol–water partition coefficient (Wildman–Crippen LogP) is 2.56. The van der Waals surface area contributed by atoms with Crippen LogP contribution in [0.2, 0.25) is 0 Å². The lowest BCUT2D eigenvalue weighted by atomic mass is 10.2. The average molecular weight is 294 g/mol. The Kier molecular flexibility index (Phi) is 5.17. The van der Waals surface area contributed by atoms with Crippen molar-refractivity contribution in [1.29, 1.82) is 0 Å². The summed E-state index contributed by atoms with van der Waals surface area (Å²) in [5.41, 5.74) is 2.04. The Labute approximate surface area is 125 Å². The van der Waals surface area contributed by atoms with E-state index in [9.17, 15) is 0 Å². The maximum Gasteiger partial charge on any atom is 0.226 e. The summed E-state index contributed by atoms with van der Waals surface area (Å²) >= 11 is 0. The number of benzene rings is 1. The third-order valence-electron chi connectivity index (χ3n) is 3.58. The van der Waals surface area contributed by atoms with Gasteiger partial charge < -0.3 is 9.73 Å². The van der Waals surface area contributed by atoms with Crippen LogP contribution in [-0.4, -0.2) is 35.6 Å². The molecule has 1 fully saturated rings. The van der Waals surface area contributed by atoms with Crippen LogP contribution in [0.25, 0.3) is 11.5 Å². The lowest BCUT2D eigenvalue weighted by molar-refractivity contribution is 0.163. The first-order valence-corrected chi connectivity index (χ1v) is 6.77. The minimum Gasteiger partial charge on any atom is -0.444 e. The van der Waals surface area contributed by atoms with Gasteiger partial charge in [0.1, 0.15) is 6.26 Å². The quantitative estimate of drug-likeness (QED) is 0.944. The molecule has 1 aliphatic rings. The first kappa shape index (κ1) is 15.0. The number of rotatable bonds is 3. The van der Waals surface area contributed by atoms with E-state index in [4.69, 9.17) is 4.42 Å². The molecule has 1 N–H and O–H groups in total. The second-order valence-electron chi connectivity index (χ2n) is 5.03. The molecule has 0 spiro atoms. The molecule has 0 radical (unpaired) electrons. The van der Waals surface area contributed by atoms with Gasteiger partial charge in [-0.05, 0) is 19.1 Å². The van der Waals surface area contributed by atoms with Gasteiger partial charge in [0.25, 0.3) is 0 Å². The third kappa shape index (κ3) is 3.39. The van der Waals surface area contributed by atoms with Gasteiger partial charge in [-0.15, -0.1) is 12.4 Å². The Balaban J connectivity index is 0.00000147. The zero-order valence-corrected chi connectivity index (χ0v) is 12.4. The summed E-state index contributed by atoms with van der Waals surface area (Å²) in [6, 6.07) is 10.6. The van der Waals surface area contributed by atoms with E-state index < -0.39 is 0 Å². The largest absolute Gasteiger partial charge is 0.444 e. The molecule has 0 saturated carbocycles. The molecule has 4 nitrogen and oxygen atoms in total. The molecule has 20 heavy (non-hydrogen) atoms. The van der Waals surface area contributed by atoms with Crippen LogP contribution in [0.5, 0.6) is 0 Å². The Hall–Kier alpha value is -1.36. The third-order valence-corrected chi connectivity index (χ3v) is 3.58. The molecule has 3 rings (SSSR count). The van der Waals surface area contributed by atoms with E-state index in [1.165, 1.54) is 0 Å². The normalized spacial score (nSPS) is 19.6. The van der Waals surface area contributed by atoms with E-state index in [1.54, 1.807) is 6.26 Å². The summed E-state index contributed by atoms with van der Waals surface area (Å²) in [6.07, 6.45) is 1.77. The standard InChI is InChI=1S/C15H19N3O.ClH/c1-12-9-16-7-8-18(12)10-14-11-19-15(17-14)13-5-3-2-4-6-13;/h2-6,11-12,16H,7-10H2,1H3;1H/t12-;/m1./s1. The van der Waals surface area contributed by atoms with Crippen LogP contribution in [0, 0.1) is 0 Å². The minimum absolute atomic E-state index is 0. The lowest BCUT2D eigenvalue weighted by Crippen LogP contribution is -2.49. The summed E-state index contributed by atoms with van der Waals surface area (Å²) in [5, 5.41) is 3.40. The molecule has 0 unspecified atom stereocenters. The van der Waals surface area contributed by atoms with Crippen LogP contribution in [0.1, 0.15) is 12.6 Å². The predicted molar refractivity (Wildman–Crippen MR) is 81.9 cm³/mol. The molecule has 0 bridgehead atoms. The van der Waals surface area contributed by atoms with Crippen molar-refractivity contribution < 1.29 is 4.42 Å². The van der Waals surface area contributed by atoms with Crippen molar-refractivity contribution in [2.75, 3.05) is 19.6 Å². The van der Waals surface area contributed by atoms with Gasteiger partial charge in [0.15, 0.2) is 0 Å². The van der Waals surface area contributed by atoms with E-state index >= 15 is 0 Å². The summed E-state index contributed by atoms with van der Waals surface area (Å²) in [5.74, 6) is 0.707. The number of nitrogens with one attached hydrogen (secondary N) is 1. The molecule has 1 aliphatic heterocycles. The topological polar surface area (TPSA) is 41.3 Å². The maximum atomic E-state index is 5.57. The molecular weight excluding hydrogens is 274 g/mol. The van der Waals surface area contributed by atoms with E-state index in [0.717, 1.165) is 37.4 Å². The smallest absolute Gasteiger partial charge is 0.226 e. The first-order valence-electron chi connectivity index (χ1n) is 6.77. The van der Waals surface area contributed by atoms with Gasteiger partial charge in [0, 0.05) is 37.8 Å².